The van der Waals surface area contributed by atoms with Gasteiger partial charge in [0.15, 0.2) is 0 Å². The Kier molecular flexibility index (Phi) is 6.45. The van der Waals surface area contributed by atoms with Gasteiger partial charge in [-0.25, -0.2) is 9.59 Å². The maximum absolute atomic E-state index is 11.8. The van der Waals surface area contributed by atoms with E-state index in [4.69, 9.17) is 16.7 Å². The van der Waals surface area contributed by atoms with Gasteiger partial charge < -0.3 is 20.6 Å². The van der Waals surface area contributed by atoms with Crippen LogP contribution in [0.25, 0.3) is 0 Å². The number of benzene rings is 1. The SMILES string of the molecule is CC(C)N(C)CCNC(=O)Nc1ccc(Cl)cc1C(=O)O. The van der Waals surface area contributed by atoms with Crippen LogP contribution in [0.5, 0.6) is 0 Å². The number of likely N-dealkylation sites (N-methyl/N-ethyl adjacent to an activating group) is 1. The molecular formula is C14H20ClN3O3. The van der Waals surface area contributed by atoms with Crippen LogP contribution in [0.15, 0.2) is 18.2 Å². The number of rotatable bonds is 6. The van der Waals surface area contributed by atoms with Gasteiger partial charge in [-0.1, -0.05) is 11.6 Å². The number of hydrogen-bond donors (Lipinski definition) is 3. The van der Waals surface area contributed by atoms with E-state index in [9.17, 15) is 9.59 Å². The summed E-state index contributed by atoms with van der Waals surface area (Å²) in [7, 11) is 1.96. The van der Waals surface area contributed by atoms with Crippen LogP contribution in [0.2, 0.25) is 5.02 Å². The Morgan fingerprint density at radius 3 is 2.62 bits per heavy atom. The molecule has 116 valence electrons. The number of carboxylic acids is 1. The van der Waals surface area contributed by atoms with Gasteiger partial charge in [-0.2, -0.15) is 0 Å². The van der Waals surface area contributed by atoms with Crippen LogP contribution in [-0.2, 0) is 0 Å². The minimum absolute atomic E-state index is 0.0445. The van der Waals surface area contributed by atoms with E-state index in [1.54, 1.807) is 0 Å². The average molecular weight is 314 g/mol. The predicted molar refractivity (Wildman–Crippen MR) is 83.2 cm³/mol. The molecule has 0 aliphatic heterocycles. The van der Waals surface area contributed by atoms with Gasteiger partial charge in [0, 0.05) is 24.2 Å². The highest BCUT2D eigenvalue weighted by atomic mass is 35.5. The molecule has 1 rings (SSSR count). The van der Waals surface area contributed by atoms with E-state index in [0.29, 0.717) is 24.2 Å². The summed E-state index contributed by atoms with van der Waals surface area (Å²) in [6, 6.07) is 4.23. The highest BCUT2D eigenvalue weighted by molar-refractivity contribution is 6.31. The highest BCUT2D eigenvalue weighted by Gasteiger charge is 2.13. The van der Waals surface area contributed by atoms with Gasteiger partial charge in [-0.05, 0) is 39.1 Å². The molecule has 1 aromatic carbocycles. The van der Waals surface area contributed by atoms with Gasteiger partial charge in [0.2, 0.25) is 0 Å². The number of carbonyl (C=O) groups is 2. The zero-order valence-electron chi connectivity index (χ0n) is 12.3. The van der Waals surface area contributed by atoms with Gasteiger partial charge >= 0.3 is 12.0 Å². The molecule has 0 spiro atoms. The topological polar surface area (TPSA) is 81.7 Å². The molecule has 0 saturated carbocycles. The summed E-state index contributed by atoms with van der Waals surface area (Å²) < 4.78 is 0. The first-order valence-corrected chi connectivity index (χ1v) is 6.97. The fraction of sp³-hybridized carbons (Fsp3) is 0.429. The van der Waals surface area contributed by atoms with E-state index in [-0.39, 0.29) is 11.3 Å². The molecule has 0 aromatic heterocycles. The van der Waals surface area contributed by atoms with Crippen molar-refractivity contribution in [2.24, 2.45) is 0 Å². The molecule has 0 atom stereocenters. The molecule has 6 nitrogen and oxygen atoms in total. The maximum atomic E-state index is 11.8. The molecule has 0 aliphatic carbocycles. The average Bonchev–Trinajstić information content (AvgIpc) is 2.40. The summed E-state index contributed by atoms with van der Waals surface area (Å²) in [4.78, 5) is 24.9. The molecule has 7 heteroatoms. The zero-order chi connectivity index (χ0) is 16.0. The summed E-state index contributed by atoms with van der Waals surface area (Å²) in [5.74, 6) is -1.15. The van der Waals surface area contributed by atoms with Gasteiger partial charge in [-0.15, -0.1) is 0 Å². The first-order valence-electron chi connectivity index (χ1n) is 6.59. The minimum Gasteiger partial charge on any atom is -0.478 e. The number of aromatic carboxylic acids is 1. The Morgan fingerprint density at radius 1 is 1.38 bits per heavy atom. The fourth-order valence-electron chi connectivity index (χ4n) is 1.57. The van der Waals surface area contributed by atoms with Crippen molar-refractivity contribution in [3.8, 4) is 0 Å². The summed E-state index contributed by atoms with van der Waals surface area (Å²) in [6.45, 7) is 5.30. The van der Waals surface area contributed by atoms with Crippen molar-refractivity contribution in [2.45, 2.75) is 19.9 Å². The first kappa shape index (κ1) is 17.3. The zero-order valence-corrected chi connectivity index (χ0v) is 13.1. The molecule has 0 bridgehead atoms. The Morgan fingerprint density at radius 2 is 2.05 bits per heavy atom. The number of urea groups is 1. The molecule has 0 unspecified atom stereocenters. The van der Waals surface area contributed by atoms with Crippen LogP contribution < -0.4 is 10.6 Å². The number of hydrogen-bond acceptors (Lipinski definition) is 3. The first-order chi connectivity index (χ1) is 9.81. The van der Waals surface area contributed by atoms with E-state index >= 15 is 0 Å². The largest absolute Gasteiger partial charge is 0.478 e. The molecular weight excluding hydrogens is 294 g/mol. The van der Waals surface area contributed by atoms with Crippen molar-refractivity contribution in [3.05, 3.63) is 28.8 Å². The standard InChI is InChI=1S/C14H20ClN3O3/c1-9(2)18(3)7-6-16-14(21)17-12-5-4-10(15)8-11(12)13(19)20/h4-5,8-9H,6-7H2,1-3H3,(H,19,20)(H2,16,17,21). The quantitative estimate of drug-likeness (QED) is 0.753. The Labute approximate surface area is 129 Å². The van der Waals surface area contributed by atoms with Gasteiger partial charge in [0.25, 0.3) is 0 Å². The second-order valence-electron chi connectivity index (χ2n) is 4.95. The molecule has 0 fully saturated rings. The predicted octanol–water partition coefficient (Wildman–Crippen LogP) is 2.50. The number of halogens is 1. The fourth-order valence-corrected chi connectivity index (χ4v) is 1.75. The molecule has 0 aliphatic rings. The van der Waals surface area contributed by atoms with E-state index in [1.807, 2.05) is 7.05 Å². The van der Waals surface area contributed by atoms with Crippen molar-refractivity contribution in [1.29, 1.82) is 0 Å². The van der Waals surface area contributed by atoms with Gasteiger partial charge in [0.05, 0.1) is 11.3 Å². The van der Waals surface area contributed by atoms with E-state index in [0.717, 1.165) is 0 Å². The third-order valence-corrected chi connectivity index (χ3v) is 3.33. The van der Waals surface area contributed by atoms with Crippen molar-refractivity contribution in [1.82, 2.24) is 10.2 Å². The van der Waals surface area contributed by atoms with Crippen LogP contribution in [0, 0.1) is 0 Å². The Hall–Kier alpha value is -1.79. The molecule has 21 heavy (non-hydrogen) atoms. The number of anilines is 1. The summed E-state index contributed by atoms with van der Waals surface area (Å²) in [5.41, 5.74) is 0.165. The number of nitrogens with one attached hydrogen (secondary N) is 2. The van der Waals surface area contributed by atoms with Crippen LogP contribution in [0.3, 0.4) is 0 Å². The van der Waals surface area contributed by atoms with Crippen LogP contribution >= 0.6 is 11.6 Å². The van der Waals surface area contributed by atoms with Gasteiger partial charge in [-0.3, -0.25) is 0 Å². The van der Waals surface area contributed by atoms with Crippen molar-refractivity contribution in [3.63, 3.8) is 0 Å². The molecule has 0 heterocycles. The molecule has 3 N–H and O–H groups in total. The minimum atomic E-state index is -1.15. The highest BCUT2D eigenvalue weighted by Crippen LogP contribution is 2.20. The lowest BCUT2D eigenvalue weighted by Crippen LogP contribution is -2.38. The van der Waals surface area contributed by atoms with E-state index < -0.39 is 12.0 Å². The van der Waals surface area contributed by atoms with Crippen molar-refractivity contribution >= 4 is 29.3 Å². The summed E-state index contributed by atoms with van der Waals surface area (Å²) in [5, 5.41) is 14.6. The molecule has 0 saturated heterocycles. The summed E-state index contributed by atoms with van der Waals surface area (Å²) >= 11 is 5.75. The maximum Gasteiger partial charge on any atom is 0.337 e. The smallest absolute Gasteiger partial charge is 0.337 e. The van der Waals surface area contributed by atoms with Crippen LogP contribution in [-0.4, -0.2) is 48.2 Å². The van der Waals surface area contributed by atoms with Crippen LogP contribution in [0.1, 0.15) is 24.2 Å². The van der Waals surface area contributed by atoms with E-state index in [1.165, 1.54) is 18.2 Å². The van der Waals surface area contributed by atoms with Crippen molar-refractivity contribution < 1.29 is 14.7 Å². The van der Waals surface area contributed by atoms with E-state index in [2.05, 4.69) is 29.4 Å². The number of carbonyl (C=O) groups excluding carboxylic acids is 1. The Balaban J connectivity index is 2.57. The number of amides is 2. The normalized spacial score (nSPS) is 10.8. The molecule has 2 amide bonds. The number of carboxylic acid groups (broad SMARTS) is 1. The lowest BCUT2D eigenvalue weighted by atomic mass is 10.2. The Bertz CT molecular complexity index is 520. The monoisotopic (exact) mass is 313 g/mol. The number of nitrogens with zero attached hydrogens (tertiary/aromatic N) is 1. The third-order valence-electron chi connectivity index (χ3n) is 3.09. The molecule has 0 radical (unpaired) electrons. The van der Waals surface area contributed by atoms with Crippen LogP contribution in [0.4, 0.5) is 10.5 Å². The second kappa shape index (κ2) is 7.85. The van der Waals surface area contributed by atoms with Crippen molar-refractivity contribution in [2.75, 3.05) is 25.5 Å². The lowest BCUT2D eigenvalue weighted by Gasteiger charge is -2.21. The van der Waals surface area contributed by atoms with Gasteiger partial charge in [0.1, 0.15) is 0 Å². The second-order valence-corrected chi connectivity index (χ2v) is 5.39. The third kappa shape index (κ3) is 5.61. The summed E-state index contributed by atoms with van der Waals surface area (Å²) in [6.07, 6.45) is 0. The lowest BCUT2D eigenvalue weighted by molar-refractivity contribution is 0.0698. The molecule has 1 aromatic rings.